The summed E-state index contributed by atoms with van der Waals surface area (Å²) in [6, 6.07) is 5.17. The van der Waals surface area contributed by atoms with Gasteiger partial charge in [-0.05, 0) is 44.0 Å². The van der Waals surface area contributed by atoms with Crippen molar-refractivity contribution in [3.63, 3.8) is 0 Å². The van der Waals surface area contributed by atoms with E-state index in [0.717, 1.165) is 38.8 Å². The molecule has 1 atom stereocenters. The highest BCUT2D eigenvalue weighted by molar-refractivity contribution is 6.42. The van der Waals surface area contributed by atoms with Crippen molar-refractivity contribution in [2.45, 2.75) is 32.6 Å². The second-order valence-corrected chi connectivity index (χ2v) is 6.08. The molecule has 0 amide bonds. The lowest BCUT2D eigenvalue weighted by Crippen LogP contribution is -2.45. The van der Waals surface area contributed by atoms with E-state index in [0.29, 0.717) is 15.6 Å². The summed E-state index contributed by atoms with van der Waals surface area (Å²) in [4.78, 5) is 12.8. The Labute approximate surface area is 124 Å². The van der Waals surface area contributed by atoms with E-state index in [4.69, 9.17) is 23.2 Å². The first-order chi connectivity index (χ1) is 9.09. The first-order valence-corrected chi connectivity index (χ1v) is 7.55. The molecule has 1 aromatic carbocycles. The molecule has 0 spiro atoms. The lowest BCUT2D eigenvalue weighted by molar-refractivity contribution is 0.0718. The van der Waals surface area contributed by atoms with Crippen molar-refractivity contribution in [1.29, 1.82) is 0 Å². The van der Waals surface area contributed by atoms with Crippen LogP contribution in [0.2, 0.25) is 10.0 Å². The average molecular weight is 300 g/mol. The zero-order chi connectivity index (χ0) is 13.9. The second kappa shape index (κ2) is 6.25. The van der Waals surface area contributed by atoms with Crippen LogP contribution in [-0.4, -0.2) is 18.9 Å². The van der Waals surface area contributed by atoms with Gasteiger partial charge in [-0.3, -0.25) is 4.79 Å². The molecular formula is C15H19Cl2NO. The molecule has 104 valence electrons. The number of Topliss-reactive ketones (excluding diaryl/α,β-unsaturated/α-hetero) is 1. The number of carbonyl (C=O) groups is 1. The highest BCUT2D eigenvalue weighted by Gasteiger charge is 2.39. The first kappa shape index (κ1) is 14.8. The van der Waals surface area contributed by atoms with Crippen molar-refractivity contribution in [2.75, 3.05) is 13.1 Å². The number of benzene rings is 1. The maximum absolute atomic E-state index is 12.8. The number of halogens is 2. The van der Waals surface area contributed by atoms with Gasteiger partial charge in [0.2, 0.25) is 0 Å². The normalized spacial score (nSPS) is 23.3. The van der Waals surface area contributed by atoms with Gasteiger partial charge in [0.15, 0.2) is 5.78 Å². The highest BCUT2D eigenvalue weighted by atomic mass is 35.5. The Hall–Kier alpha value is -0.570. The third-order valence-corrected chi connectivity index (χ3v) is 4.60. The zero-order valence-corrected chi connectivity index (χ0v) is 12.7. The van der Waals surface area contributed by atoms with Crippen LogP contribution in [0.15, 0.2) is 18.2 Å². The van der Waals surface area contributed by atoms with E-state index < -0.39 is 0 Å². The first-order valence-electron chi connectivity index (χ1n) is 6.79. The molecule has 0 bridgehead atoms. The van der Waals surface area contributed by atoms with Crippen molar-refractivity contribution in [3.8, 4) is 0 Å². The molecule has 0 radical (unpaired) electrons. The Balaban J connectivity index is 2.30. The van der Waals surface area contributed by atoms with Crippen molar-refractivity contribution in [1.82, 2.24) is 5.32 Å². The summed E-state index contributed by atoms with van der Waals surface area (Å²) in [5.74, 6) is 0.195. The molecule has 0 aliphatic carbocycles. The van der Waals surface area contributed by atoms with Crippen LogP contribution >= 0.6 is 23.2 Å². The third kappa shape index (κ3) is 3.13. The largest absolute Gasteiger partial charge is 0.316 e. The number of carbonyl (C=O) groups excluding carboxylic acids is 1. The van der Waals surface area contributed by atoms with Gasteiger partial charge in [-0.2, -0.15) is 0 Å². The summed E-state index contributed by atoms with van der Waals surface area (Å²) in [6.07, 6.45) is 3.92. The Kier molecular flexibility index (Phi) is 4.88. The fraction of sp³-hybridized carbons (Fsp3) is 0.533. The van der Waals surface area contributed by atoms with E-state index in [1.165, 1.54) is 0 Å². The molecule has 1 aliphatic heterocycles. The summed E-state index contributed by atoms with van der Waals surface area (Å²) < 4.78 is 0. The molecular weight excluding hydrogens is 281 g/mol. The van der Waals surface area contributed by atoms with Gasteiger partial charge < -0.3 is 5.32 Å². The Bertz CT molecular complexity index is 462. The van der Waals surface area contributed by atoms with Crippen LogP contribution in [0.3, 0.4) is 0 Å². The fourth-order valence-electron chi connectivity index (χ4n) is 2.91. The van der Waals surface area contributed by atoms with Crippen LogP contribution in [0.4, 0.5) is 0 Å². The molecule has 1 N–H and O–H groups in total. The van der Waals surface area contributed by atoms with E-state index in [1.807, 2.05) is 0 Å². The molecule has 1 unspecified atom stereocenters. The van der Waals surface area contributed by atoms with Crippen molar-refractivity contribution < 1.29 is 4.79 Å². The minimum absolute atomic E-state index is 0.195. The van der Waals surface area contributed by atoms with Crippen molar-refractivity contribution in [2.24, 2.45) is 5.41 Å². The molecule has 1 saturated heterocycles. The molecule has 0 saturated carbocycles. The van der Waals surface area contributed by atoms with Gasteiger partial charge in [-0.15, -0.1) is 0 Å². The van der Waals surface area contributed by atoms with Crippen LogP contribution in [0.25, 0.3) is 0 Å². The minimum atomic E-state index is -0.274. The molecule has 2 nitrogen and oxygen atoms in total. The van der Waals surface area contributed by atoms with Crippen LogP contribution in [-0.2, 0) is 0 Å². The SMILES string of the molecule is CCCC1(C(=O)c2ccc(Cl)c(Cl)c2)CCCNC1. The molecule has 0 aromatic heterocycles. The van der Waals surface area contributed by atoms with Gasteiger partial charge >= 0.3 is 0 Å². The lowest BCUT2D eigenvalue weighted by atomic mass is 9.71. The fourth-order valence-corrected chi connectivity index (χ4v) is 3.21. The Morgan fingerprint density at radius 3 is 2.74 bits per heavy atom. The van der Waals surface area contributed by atoms with E-state index >= 15 is 0 Å². The van der Waals surface area contributed by atoms with Crippen molar-refractivity contribution in [3.05, 3.63) is 33.8 Å². The van der Waals surface area contributed by atoms with Gasteiger partial charge in [0, 0.05) is 17.5 Å². The topological polar surface area (TPSA) is 29.1 Å². The molecule has 1 aromatic rings. The quantitative estimate of drug-likeness (QED) is 0.838. The minimum Gasteiger partial charge on any atom is -0.316 e. The molecule has 19 heavy (non-hydrogen) atoms. The van der Waals surface area contributed by atoms with E-state index in [1.54, 1.807) is 18.2 Å². The van der Waals surface area contributed by atoms with Gasteiger partial charge in [-0.25, -0.2) is 0 Å². The predicted octanol–water partition coefficient (Wildman–Crippen LogP) is 4.35. The summed E-state index contributed by atoms with van der Waals surface area (Å²) in [7, 11) is 0. The van der Waals surface area contributed by atoms with Gasteiger partial charge in [0.05, 0.1) is 10.0 Å². The van der Waals surface area contributed by atoms with E-state index in [9.17, 15) is 4.79 Å². The summed E-state index contributed by atoms with van der Waals surface area (Å²) >= 11 is 11.9. The number of rotatable bonds is 4. The Morgan fingerprint density at radius 1 is 1.37 bits per heavy atom. The number of hydrogen-bond acceptors (Lipinski definition) is 2. The van der Waals surface area contributed by atoms with E-state index in [2.05, 4.69) is 12.2 Å². The summed E-state index contributed by atoms with van der Waals surface area (Å²) in [5, 5.41) is 4.29. The average Bonchev–Trinajstić information content (AvgIpc) is 2.42. The number of piperidine rings is 1. The molecule has 1 aliphatic rings. The number of ketones is 1. The van der Waals surface area contributed by atoms with Gasteiger partial charge in [0.25, 0.3) is 0 Å². The second-order valence-electron chi connectivity index (χ2n) is 5.27. The maximum atomic E-state index is 12.8. The Morgan fingerprint density at radius 2 is 2.16 bits per heavy atom. The summed E-state index contributed by atoms with van der Waals surface area (Å²) in [6.45, 7) is 3.89. The van der Waals surface area contributed by atoms with Gasteiger partial charge in [-0.1, -0.05) is 36.5 Å². The van der Waals surface area contributed by atoms with Crippen LogP contribution < -0.4 is 5.32 Å². The van der Waals surface area contributed by atoms with Gasteiger partial charge in [0.1, 0.15) is 0 Å². The zero-order valence-electron chi connectivity index (χ0n) is 11.1. The van der Waals surface area contributed by atoms with Crippen LogP contribution in [0.5, 0.6) is 0 Å². The highest BCUT2D eigenvalue weighted by Crippen LogP contribution is 2.36. The number of hydrogen-bond donors (Lipinski definition) is 1. The monoisotopic (exact) mass is 299 g/mol. The third-order valence-electron chi connectivity index (χ3n) is 3.86. The van der Waals surface area contributed by atoms with Crippen molar-refractivity contribution >= 4 is 29.0 Å². The van der Waals surface area contributed by atoms with Crippen LogP contribution in [0.1, 0.15) is 43.0 Å². The molecule has 1 heterocycles. The molecule has 4 heteroatoms. The maximum Gasteiger partial charge on any atom is 0.170 e. The smallest absolute Gasteiger partial charge is 0.170 e. The molecule has 2 rings (SSSR count). The van der Waals surface area contributed by atoms with Crippen LogP contribution in [0, 0.1) is 5.41 Å². The van der Waals surface area contributed by atoms with E-state index in [-0.39, 0.29) is 11.2 Å². The number of nitrogens with one attached hydrogen (secondary N) is 1. The predicted molar refractivity (Wildman–Crippen MR) is 80.2 cm³/mol. The molecule has 1 fully saturated rings. The summed E-state index contributed by atoms with van der Waals surface area (Å²) in [5.41, 5.74) is 0.399. The standard InChI is InChI=1S/C15H19Cl2NO/c1-2-6-15(7-3-8-18-10-15)14(19)11-4-5-12(16)13(17)9-11/h4-5,9,18H,2-3,6-8,10H2,1H3. The lowest BCUT2D eigenvalue weighted by Gasteiger charge is -2.36.